The number of carboxylic acids is 1. The molecule has 37 heavy (non-hydrogen) atoms. The van der Waals surface area contributed by atoms with E-state index >= 15 is 0 Å². The number of rotatable bonds is 8. The van der Waals surface area contributed by atoms with Crippen molar-refractivity contribution in [2.75, 3.05) is 19.6 Å². The fraction of sp³-hybridized carbons (Fsp3) is 0.500. The van der Waals surface area contributed by atoms with E-state index in [0.717, 1.165) is 24.1 Å². The molecule has 3 unspecified atom stereocenters. The second-order valence-corrected chi connectivity index (χ2v) is 11.7. The molecular formula is C26H31F3N2O5S. The molecule has 1 saturated heterocycles. The predicted octanol–water partition coefficient (Wildman–Crippen LogP) is 4.10. The quantitative estimate of drug-likeness (QED) is 0.543. The number of hydrogen-bond donors (Lipinski definition) is 1. The maximum atomic E-state index is 13.7. The van der Waals surface area contributed by atoms with E-state index in [2.05, 4.69) is 9.64 Å². The molecule has 0 aromatic heterocycles. The summed E-state index contributed by atoms with van der Waals surface area (Å²) in [6, 6.07) is 10.3. The van der Waals surface area contributed by atoms with Crippen LogP contribution < -0.4 is 4.74 Å². The number of benzene rings is 2. The van der Waals surface area contributed by atoms with Crippen molar-refractivity contribution in [2.45, 2.75) is 62.9 Å². The number of aliphatic carboxylic acids is 1. The van der Waals surface area contributed by atoms with E-state index in [4.69, 9.17) is 0 Å². The van der Waals surface area contributed by atoms with Gasteiger partial charge in [0, 0.05) is 25.2 Å². The molecule has 202 valence electrons. The molecule has 1 fully saturated rings. The van der Waals surface area contributed by atoms with Crippen molar-refractivity contribution in [2.24, 2.45) is 5.92 Å². The Hall–Kier alpha value is -2.63. The van der Waals surface area contributed by atoms with Gasteiger partial charge in [0.05, 0.1) is 10.8 Å². The van der Waals surface area contributed by atoms with Gasteiger partial charge in [-0.15, -0.1) is 13.2 Å². The van der Waals surface area contributed by atoms with Crippen molar-refractivity contribution in [3.8, 4) is 5.75 Å². The van der Waals surface area contributed by atoms with E-state index in [0.29, 0.717) is 31.5 Å². The Kier molecular flexibility index (Phi) is 7.87. The Morgan fingerprint density at radius 2 is 1.70 bits per heavy atom. The van der Waals surface area contributed by atoms with E-state index < -0.39 is 28.3 Å². The first kappa shape index (κ1) is 27.4. The Morgan fingerprint density at radius 1 is 1.05 bits per heavy atom. The summed E-state index contributed by atoms with van der Waals surface area (Å²) >= 11 is 0. The molecule has 0 amide bonds. The first-order valence-electron chi connectivity index (χ1n) is 12.3. The first-order chi connectivity index (χ1) is 17.3. The van der Waals surface area contributed by atoms with Crippen molar-refractivity contribution in [3.05, 3.63) is 59.2 Å². The maximum Gasteiger partial charge on any atom is 0.573 e. The number of nitrogens with zero attached hydrogens (tertiary/aromatic N) is 2. The summed E-state index contributed by atoms with van der Waals surface area (Å²) in [4.78, 5) is 13.9. The van der Waals surface area contributed by atoms with Gasteiger partial charge in [-0.2, -0.15) is 4.31 Å². The summed E-state index contributed by atoms with van der Waals surface area (Å²) in [6.45, 7) is 5.58. The molecule has 2 aromatic carbocycles. The monoisotopic (exact) mass is 540 g/mol. The molecular weight excluding hydrogens is 509 g/mol. The molecule has 0 spiro atoms. The molecule has 7 nitrogen and oxygen atoms in total. The standard InChI is InChI=1S/C26H31F3N2O5S/c1-17-15-30(12-4-5-19-8-10-22(11-9-19)36-26(27,28)29)16-18(2)31(17)37(34,35)24-7-3-6-20-13-21(25(32)33)14-23(20)24/h3,6-11,17-18,21H,4-5,12-16H2,1-2H3,(H,32,33). The van der Waals surface area contributed by atoms with Gasteiger partial charge >= 0.3 is 12.3 Å². The first-order valence-corrected chi connectivity index (χ1v) is 13.7. The lowest BCUT2D eigenvalue weighted by molar-refractivity contribution is -0.274. The minimum Gasteiger partial charge on any atom is -0.481 e. The Labute approximate surface area is 214 Å². The SMILES string of the molecule is CC1CN(CCCc2ccc(OC(F)(F)F)cc2)CC(C)N1S(=O)(=O)c1cccc2c1CC(C(=O)O)C2. The van der Waals surface area contributed by atoms with Crippen LogP contribution in [0.1, 0.15) is 37.0 Å². The van der Waals surface area contributed by atoms with Gasteiger partial charge in [0.1, 0.15) is 5.75 Å². The van der Waals surface area contributed by atoms with Gasteiger partial charge in [-0.25, -0.2) is 8.42 Å². The number of sulfonamides is 1. The number of ether oxygens (including phenoxy) is 1. The normalized spacial score (nSPS) is 23.1. The van der Waals surface area contributed by atoms with Crippen molar-refractivity contribution in [1.29, 1.82) is 0 Å². The molecule has 2 aromatic rings. The van der Waals surface area contributed by atoms with Crippen LogP contribution in [0.4, 0.5) is 13.2 Å². The van der Waals surface area contributed by atoms with Crippen LogP contribution in [0, 0.1) is 5.92 Å². The van der Waals surface area contributed by atoms with Gasteiger partial charge in [-0.05, 0) is 81.0 Å². The third-order valence-electron chi connectivity index (χ3n) is 7.06. The highest BCUT2D eigenvalue weighted by atomic mass is 32.2. The van der Waals surface area contributed by atoms with Crippen molar-refractivity contribution >= 4 is 16.0 Å². The topological polar surface area (TPSA) is 87.2 Å². The summed E-state index contributed by atoms with van der Waals surface area (Å²) in [6.07, 6.45) is -2.72. The molecule has 2 aliphatic rings. The number of carbonyl (C=O) groups is 1. The second-order valence-electron chi connectivity index (χ2n) is 9.93. The molecule has 1 N–H and O–H groups in total. The number of piperazine rings is 1. The molecule has 3 atom stereocenters. The number of carboxylic acid groups (broad SMARTS) is 1. The Morgan fingerprint density at radius 3 is 2.30 bits per heavy atom. The van der Waals surface area contributed by atoms with Crippen molar-refractivity contribution in [1.82, 2.24) is 9.21 Å². The minimum absolute atomic E-state index is 0.207. The van der Waals surface area contributed by atoms with Crippen LogP contribution in [0.5, 0.6) is 5.75 Å². The third-order valence-corrected chi connectivity index (χ3v) is 9.28. The van der Waals surface area contributed by atoms with Gasteiger partial charge in [0.2, 0.25) is 10.0 Å². The highest BCUT2D eigenvalue weighted by molar-refractivity contribution is 7.89. The van der Waals surface area contributed by atoms with Gasteiger partial charge in [-0.3, -0.25) is 4.79 Å². The number of fused-ring (bicyclic) bond motifs is 1. The molecule has 1 aliphatic carbocycles. The second kappa shape index (κ2) is 10.6. The number of alkyl halides is 3. The van der Waals surface area contributed by atoms with Crippen LogP contribution in [-0.4, -0.2) is 66.8 Å². The molecule has 0 saturated carbocycles. The fourth-order valence-corrected chi connectivity index (χ4v) is 7.67. The third kappa shape index (κ3) is 6.27. The Bertz CT molecular complexity index is 1220. The van der Waals surface area contributed by atoms with Crippen LogP contribution in [0.2, 0.25) is 0 Å². The van der Waals surface area contributed by atoms with Gasteiger partial charge < -0.3 is 14.7 Å². The van der Waals surface area contributed by atoms with E-state index in [1.165, 1.54) is 12.1 Å². The van der Waals surface area contributed by atoms with Crippen LogP contribution in [0.25, 0.3) is 0 Å². The smallest absolute Gasteiger partial charge is 0.481 e. The van der Waals surface area contributed by atoms with Crippen molar-refractivity contribution < 1.29 is 36.2 Å². The predicted molar refractivity (Wildman–Crippen MR) is 131 cm³/mol. The van der Waals surface area contributed by atoms with E-state index in [1.54, 1.807) is 34.6 Å². The lowest BCUT2D eigenvalue weighted by Gasteiger charge is -2.43. The zero-order valence-corrected chi connectivity index (χ0v) is 21.6. The van der Waals surface area contributed by atoms with Crippen LogP contribution in [0.3, 0.4) is 0 Å². The largest absolute Gasteiger partial charge is 0.573 e. The number of halogens is 3. The zero-order chi connectivity index (χ0) is 27.0. The average Bonchev–Trinajstić information content (AvgIpc) is 3.23. The van der Waals surface area contributed by atoms with E-state index in [-0.39, 0.29) is 29.1 Å². The number of hydrogen-bond acceptors (Lipinski definition) is 5. The minimum atomic E-state index is -4.72. The molecule has 1 heterocycles. The van der Waals surface area contributed by atoms with Gasteiger partial charge in [0.15, 0.2) is 0 Å². The van der Waals surface area contributed by atoms with Crippen LogP contribution >= 0.6 is 0 Å². The average molecular weight is 541 g/mol. The fourth-order valence-electron chi connectivity index (χ4n) is 5.59. The maximum absolute atomic E-state index is 13.7. The van der Waals surface area contributed by atoms with Crippen LogP contribution in [0.15, 0.2) is 47.4 Å². The molecule has 1 aliphatic heterocycles. The molecule has 11 heteroatoms. The summed E-state index contributed by atoms with van der Waals surface area (Å²) < 4.78 is 69.9. The van der Waals surface area contributed by atoms with Crippen molar-refractivity contribution in [3.63, 3.8) is 0 Å². The summed E-state index contributed by atoms with van der Waals surface area (Å²) in [7, 11) is -3.82. The van der Waals surface area contributed by atoms with Gasteiger partial charge in [-0.1, -0.05) is 24.3 Å². The highest BCUT2D eigenvalue weighted by Gasteiger charge is 2.41. The molecule has 4 rings (SSSR count). The zero-order valence-electron chi connectivity index (χ0n) is 20.7. The molecule has 0 radical (unpaired) electrons. The number of aryl methyl sites for hydroxylation is 1. The lowest BCUT2D eigenvalue weighted by atomic mass is 10.1. The van der Waals surface area contributed by atoms with Gasteiger partial charge in [0.25, 0.3) is 0 Å². The van der Waals surface area contributed by atoms with E-state index in [9.17, 15) is 31.5 Å². The van der Waals surface area contributed by atoms with Crippen LogP contribution in [-0.2, 0) is 34.1 Å². The Balaban J connectivity index is 1.37. The highest BCUT2D eigenvalue weighted by Crippen LogP contribution is 2.35. The summed E-state index contributed by atoms with van der Waals surface area (Å²) in [5, 5.41) is 9.43. The molecule has 0 bridgehead atoms. The lowest BCUT2D eigenvalue weighted by Crippen LogP contribution is -2.58. The van der Waals surface area contributed by atoms with E-state index in [1.807, 2.05) is 13.8 Å². The summed E-state index contributed by atoms with van der Waals surface area (Å²) in [5.74, 6) is -1.77. The summed E-state index contributed by atoms with van der Waals surface area (Å²) in [5.41, 5.74) is 2.29.